The summed E-state index contributed by atoms with van der Waals surface area (Å²) in [5.41, 5.74) is 8.07. The number of rotatable bonds is 0. The molecule has 1 aromatic heterocycles. The van der Waals surface area contributed by atoms with Crippen LogP contribution in [0.5, 0.6) is 0 Å². The van der Waals surface area contributed by atoms with Gasteiger partial charge in [0.1, 0.15) is 5.00 Å². The number of hydrogen-bond acceptors (Lipinski definition) is 3. The van der Waals surface area contributed by atoms with E-state index in [0.717, 1.165) is 10.7 Å². The highest BCUT2D eigenvalue weighted by Crippen LogP contribution is 2.12. The highest BCUT2D eigenvalue weighted by atomic mass is 35.5. The molecular weight excluding hydrogens is 144 g/mol. The molecule has 2 N–H and O–H groups in total. The summed E-state index contributed by atoms with van der Waals surface area (Å²) >= 11 is 1.47. The summed E-state index contributed by atoms with van der Waals surface area (Å²) in [5.74, 6) is 0. The Labute approximate surface area is 58.1 Å². The molecule has 0 fully saturated rings. The lowest BCUT2D eigenvalue weighted by Crippen LogP contribution is -1.80. The van der Waals surface area contributed by atoms with Gasteiger partial charge in [-0.3, -0.25) is 0 Å². The molecule has 2 nitrogen and oxygen atoms in total. The van der Waals surface area contributed by atoms with Crippen LogP contribution in [0, 0.1) is 6.92 Å². The number of thiazole rings is 1. The quantitative estimate of drug-likeness (QED) is 0.608. The third-order valence-corrected chi connectivity index (χ3v) is 1.54. The minimum atomic E-state index is 0. The molecule has 0 atom stereocenters. The van der Waals surface area contributed by atoms with Crippen molar-refractivity contribution in [3.8, 4) is 0 Å². The topological polar surface area (TPSA) is 38.9 Å². The molecule has 1 heterocycles. The van der Waals surface area contributed by atoms with Gasteiger partial charge in [-0.15, -0.1) is 23.7 Å². The largest absolute Gasteiger partial charge is 0.389 e. The van der Waals surface area contributed by atoms with Crippen LogP contribution >= 0.6 is 23.7 Å². The molecule has 8 heavy (non-hydrogen) atoms. The highest BCUT2D eigenvalue weighted by Gasteiger charge is 1.89. The van der Waals surface area contributed by atoms with Crippen molar-refractivity contribution >= 4 is 28.7 Å². The molecule has 46 valence electrons. The second-order valence-corrected chi connectivity index (χ2v) is 2.19. The third kappa shape index (κ3) is 1.35. The lowest BCUT2D eigenvalue weighted by molar-refractivity contribution is 1.27. The zero-order chi connectivity index (χ0) is 5.28. The lowest BCUT2D eigenvalue weighted by Gasteiger charge is -1.78. The highest BCUT2D eigenvalue weighted by molar-refractivity contribution is 7.13. The minimum Gasteiger partial charge on any atom is -0.389 e. The van der Waals surface area contributed by atoms with E-state index in [1.807, 2.05) is 6.92 Å². The van der Waals surface area contributed by atoms with Crippen molar-refractivity contribution in [2.24, 2.45) is 0 Å². The molecule has 0 radical (unpaired) electrons. The maximum Gasteiger partial charge on any atom is 0.109 e. The van der Waals surface area contributed by atoms with Crippen LogP contribution in [0.1, 0.15) is 5.69 Å². The predicted molar refractivity (Wildman–Crippen MR) is 38.5 cm³/mol. The fraction of sp³-hybridized carbons (Fsp3) is 0.250. The molecular formula is C4H7ClN2S. The number of halogens is 1. The maximum absolute atomic E-state index is 5.40. The van der Waals surface area contributed by atoms with E-state index < -0.39 is 0 Å². The zero-order valence-corrected chi connectivity index (χ0v) is 6.05. The zero-order valence-electron chi connectivity index (χ0n) is 4.42. The summed E-state index contributed by atoms with van der Waals surface area (Å²) < 4.78 is 0. The summed E-state index contributed by atoms with van der Waals surface area (Å²) in [5, 5.41) is 0.819. The van der Waals surface area contributed by atoms with E-state index in [1.165, 1.54) is 11.3 Å². The number of anilines is 1. The average molecular weight is 151 g/mol. The number of nitrogens with zero attached hydrogens (tertiary/aromatic N) is 1. The molecule has 0 unspecified atom stereocenters. The van der Waals surface area contributed by atoms with Gasteiger partial charge in [0, 0.05) is 0 Å². The molecule has 0 amide bonds. The van der Waals surface area contributed by atoms with E-state index >= 15 is 0 Å². The van der Waals surface area contributed by atoms with E-state index in [-0.39, 0.29) is 12.4 Å². The van der Waals surface area contributed by atoms with Gasteiger partial charge in [0.2, 0.25) is 0 Å². The SMILES string of the molecule is Cc1ncsc1N.Cl. The van der Waals surface area contributed by atoms with E-state index in [0.29, 0.717) is 0 Å². The van der Waals surface area contributed by atoms with E-state index in [9.17, 15) is 0 Å². The first-order valence-electron chi connectivity index (χ1n) is 1.96. The summed E-state index contributed by atoms with van der Waals surface area (Å²) in [7, 11) is 0. The molecule has 0 aliphatic rings. The van der Waals surface area contributed by atoms with Crippen LogP contribution in [0.3, 0.4) is 0 Å². The van der Waals surface area contributed by atoms with Crippen LogP contribution in [0.2, 0.25) is 0 Å². The molecule has 0 spiro atoms. The maximum atomic E-state index is 5.40. The van der Waals surface area contributed by atoms with Crippen molar-refractivity contribution < 1.29 is 0 Å². The van der Waals surface area contributed by atoms with E-state index in [2.05, 4.69) is 4.98 Å². The summed E-state index contributed by atoms with van der Waals surface area (Å²) in [6.45, 7) is 1.89. The van der Waals surface area contributed by atoms with Gasteiger partial charge in [-0.25, -0.2) is 4.98 Å². The first-order chi connectivity index (χ1) is 3.30. The fourth-order valence-electron chi connectivity index (χ4n) is 0.311. The van der Waals surface area contributed by atoms with E-state index in [1.54, 1.807) is 5.51 Å². The molecule has 0 aliphatic carbocycles. The predicted octanol–water partition coefficient (Wildman–Crippen LogP) is 1.46. The minimum absolute atomic E-state index is 0. The first kappa shape index (κ1) is 7.72. The summed E-state index contributed by atoms with van der Waals surface area (Å²) in [6, 6.07) is 0. The number of nitrogens with two attached hydrogens (primary N) is 1. The van der Waals surface area contributed by atoms with Crippen molar-refractivity contribution in [1.29, 1.82) is 0 Å². The van der Waals surface area contributed by atoms with Crippen LogP contribution < -0.4 is 5.73 Å². The van der Waals surface area contributed by atoms with Gasteiger partial charge in [0.05, 0.1) is 11.2 Å². The number of hydrogen-bond donors (Lipinski definition) is 1. The van der Waals surface area contributed by atoms with Gasteiger partial charge in [-0.1, -0.05) is 0 Å². The Morgan fingerprint density at radius 3 is 2.50 bits per heavy atom. The Balaban J connectivity index is 0.000000490. The molecule has 0 bridgehead atoms. The Hall–Kier alpha value is -0.280. The van der Waals surface area contributed by atoms with Crippen LogP contribution in [0.4, 0.5) is 5.00 Å². The van der Waals surface area contributed by atoms with Crippen LogP contribution in [-0.4, -0.2) is 4.98 Å². The van der Waals surface area contributed by atoms with Gasteiger partial charge in [-0.05, 0) is 6.92 Å². The third-order valence-electron chi connectivity index (χ3n) is 0.783. The normalized spacial score (nSPS) is 8.12. The Bertz CT molecular complexity index is 146. The molecule has 4 heteroatoms. The molecule has 0 aliphatic heterocycles. The number of nitrogen functional groups attached to an aromatic ring is 1. The van der Waals surface area contributed by atoms with E-state index in [4.69, 9.17) is 5.73 Å². The fourth-order valence-corrected chi connectivity index (χ4v) is 0.859. The van der Waals surface area contributed by atoms with Crippen molar-refractivity contribution in [2.45, 2.75) is 6.92 Å². The van der Waals surface area contributed by atoms with Gasteiger partial charge in [0.25, 0.3) is 0 Å². The first-order valence-corrected chi connectivity index (χ1v) is 2.84. The van der Waals surface area contributed by atoms with Crippen LogP contribution in [0.25, 0.3) is 0 Å². The van der Waals surface area contributed by atoms with Crippen molar-refractivity contribution in [3.05, 3.63) is 11.2 Å². The monoisotopic (exact) mass is 150 g/mol. The standard InChI is InChI=1S/C4H6N2S.ClH/c1-3-4(5)7-2-6-3;/h2H,5H2,1H3;1H. The second kappa shape index (κ2) is 2.89. The molecule has 0 saturated heterocycles. The van der Waals surface area contributed by atoms with Crippen molar-refractivity contribution in [2.75, 3.05) is 5.73 Å². The van der Waals surface area contributed by atoms with Crippen molar-refractivity contribution in [3.63, 3.8) is 0 Å². The van der Waals surface area contributed by atoms with Crippen LogP contribution in [0.15, 0.2) is 5.51 Å². The Kier molecular flexibility index (Phi) is 2.79. The average Bonchev–Trinajstić information content (AvgIpc) is 1.91. The summed E-state index contributed by atoms with van der Waals surface area (Å²) in [4.78, 5) is 3.91. The number of aromatic nitrogens is 1. The van der Waals surface area contributed by atoms with Crippen molar-refractivity contribution in [1.82, 2.24) is 4.98 Å². The Morgan fingerprint density at radius 1 is 1.75 bits per heavy atom. The smallest absolute Gasteiger partial charge is 0.109 e. The summed E-state index contributed by atoms with van der Waals surface area (Å²) in [6.07, 6.45) is 0. The molecule has 0 saturated carbocycles. The van der Waals surface area contributed by atoms with Gasteiger partial charge >= 0.3 is 0 Å². The Morgan fingerprint density at radius 2 is 2.38 bits per heavy atom. The van der Waals surface area contributed by atoms with Gasteiger partial charge in [0.15, 0.2) is 0 Å². The number of aryl methyl sites for hydroxylation is 1. The lowest BCUT2D eigenvalue weighted by atomic mass is 10.5. The van der Waals surface area contributed by atoms with Crippen LogP contribution in [-0.2, 0) is 0 Å². The molecule has 1 aromatic rings. The molecule has 0 aromatic carbocycles. The van der Waals surface area contributed by atoms with Gasteiger partial charge in [-0.2, -0.15) is 0 Å². The van der Waals surface area contributed by atoms with Gasteiger partial charge < -0.3 is 5.73 Å². The second-order valence-electron chi connectivity index (χ2n) is 1.30. The molecule has 1 rings (SSSR count).